The molecule has 2 aromatic rings. The van der Waals surface area contributed by atoms with E-state index in [0.29, 0.717) is 28.3 Å². The number of benzene rings is 1. The molecule has 0 unspecified atom stereocenters. The molecule has 136 valence electrons. The third kappa shape index (κ3) is 2.80. The Kier molecular flexibility index (Phi) is 3.88. The number of para-hydroxylation sites is 1. The first-order chi connectivity index (χ1) is 12.5. The molecule has 2 aliphatic rings. The molecule has 4 rings (SSSR count). The van der Waals surface area contributed by atoms with Gasteiger partial charge in [0.1, 0.15) is 17.3 Å². The zero-order valence-corrected chi connectivity index (χ0v) is 14.5. The average Bonchev–Trinajstić information content (AvgIpc) is 2.99. The number of aromatic hydroxyl groups is 1. The van der Waals surface area contributed by atoms with Gasteiger partial charge in [-0.1, -0.05) is 12.1 Å². The summed E-state index contributed by atoms with van der Waals surface area (Å²) in [5.74, 6) is 0.753. The molecule has 1 aliphatic heterocycles. The maximum atomic E-state index is 9.97. The summed E-state index contributed by atoms with van der Waals surface area (Å²) in [5.41, 5.74) is 21.0. The maximum absolute atomic E-state index is 9.97. The summed E-state index contributed by atoms with van der Waals surface area (Å²) in [6.45, 7) is 2.25. The zero-order valence-electron chi connectivity index (χ0n) is 14.5. The fourth-order valence-electron chi connectivity index (χ4n) is 3.89. The Bertz CT molecular complexity index is 881. The Morgan fingerprint density at radius 1 is 1.23 bits per heavy atom. The van der Waals surface area contributed by atoms with Crippen LogP contribution in [0.2, 0.25) is 0 Å². The molecule has 8 N–H and O–H groups in total. The molecule has 1 aromatic heterocycles. The molecule has 1 saturated heterocycles. The van der Waals surface area contributed by atoms with Gasteiger partial charge in [-0.2, -0.15) is 5.10 Å². The van der Waals surface area contributed by atoms with Crippen LogP contribution in [0.15, 0.2) is 48.6 Å². The number of nitrogens with two attached hydrogens (primary N) is 3. The van der Waals surface area contributed by atoms with E-state index < -0.39 is 0 Å². The van der Waals surface area contributed by atoms with Gasteiger partial charge >= 0.3 is 0 Å². The highest BCUT2D eigenvalue weighted by molar-refractivity contribution is 5.77. The number of hydrogen-bond donors (Lipinski definition) is 5. The molecule has 1 spiro atoms. The maximum Gasteiger partial charge on any atom is 0.124 e. The Labute approximate surface area is 152 Å². The van der Waals surface area contributed by atoms with E-state index in [9.17, 15) is 5.11 Å². The van der Waals surface area contributed by atoms with Crippen LogP contribution in [0.3, 0.4) is 0 Å². The molecule has 2 heterocycles. The number of allylic oxidation sites excluding steroid dienone is 2. The average molecular weight is 352 g/mol. The molecule has 7 nitrogen and oxygen atoms in total. The van der Waals surface area contributed by atoms with Crippen molar-refractivity contribution in [2.24, 2.45) is 22.6 Å². The van der Waals surface area contributed by atoms with Crippen molar-refractivity contribution in [3.05, 3.63) is 59.7 Å². The molecule has 0 bridgehead atoms. The molecule has 0 atom stereocenters. The van der Waals surface area contributed by atoms with Crippen molar-refractivity contribution in [2.75, 3.05) is 13.1 Å². The fraction of sp³-hybridized carbons (Fsp3) is 0.316. The number of phenolic OH excluding ortho intramolecular Hbond substituents is 1. The van der Waals surface area contributed by atoms with Crippen molar-refractivity contribution in [1.29, 1.82) is 0 Å². The van der Waals surface area contributed by atoms with Crippen molar-refractivity contribution in [3.8, 4) is 5.75 Å². The number of hydrogen-bond acceptors (Lipinski definition) is 6. The van der Waals surface area contributed by atoms with Gasteiger partial charge in [0.05, 0.1) is 6.20 Å². The molecule has 1 aromatic carbocycles. The monoisotopic (exact) mass is 352 g/mol. The lowest BCUT2D eigenvalue weighted by molar-refractivity contribution is 0.0363. The number of nitrogens with one attached hydrogen (secondary N) is 1. The van der Waals surface area contributed by atoms with Crippen LogP contribution in [-0.4, -0.2) is 28.0 Å². The molecular formula is C19H24N6O. The predicted molar refractivity (Wildman–Crippen MR) is 101 cm³/mol. The van der Waals surface area contributed by atoms with Gasteiger partial charge in [0.25, 0.3) is 0 Å². The van der Waals surface area contributed by atoms with Gasteiger partial charge in [-0.05, 0) is 47.9 Å². The van der Waals surface area contributed by atoms with E-state index in [1.165, 1.54) is 18.4 Å². The topological polar surface area (TPSA) is 128 Å². The highest BCUT2D eigenvalue weighted by Crippen LogP contribution is 2.53. The largest absolute Gasteiger partial charge is 0.507 e. The normalized spacial score (nSPS) is 19.0. The third-order valence-corrected chi connectivity index (χ3v) is 5.48. The summed E-state index contributed by atoms with van der Waals surface area (Å²) in [6, 6.07) is 6.86. The molecule has 7 heteroatoms. The number of aromatic nitrogens is 2. The zero-order chi connectivity index (χ0) is 18.3. The summed E-state index contributed by atoms with van der Waals surface area (Å²) in [6.07, 6.45) is 7.86. The Morgan fingerprint density at radius 2 is 1.96 bits per heavy atom. The quantitative estimate of drug-likeness (QED) is 0.524. The van der Waals surface area contributed by atoms with Gasteiger partial charge < -0.3 is 27.6 Å². The smallest absolute Gasteiger partial charge is 0.124 e. The van der Waals surface area contributed by atoms with Crippen LogP contribution in [-0.2, 0) is 0 Å². The summed E-state index contributed by atoms with van der Waals surface area (Å²) in [4.78, 5) is 0. The molecular weight excluding hydrogens is 328 g/mol. The minimum Gasteiger partial charge on any atom is -0.507 e. The molecule has 1 saturated carbocycles. The third-order valence-electron chi connectivity index (χ3n) is 5.48. The van der Waals surface area contributed by atoms with Crippen LogP contribution >= 0.6 is 0 Å². The van der Waals surface area contributed by atoms with Crippen LogP contribution in [0.25, 0.3) is 11.4 Å². The Balaban J connectivity index is 1.57. The van der Waals surface area contributed by atoms with E-state index in [1.54, 1.807) is 35.0 Å². The highest BCUT2D eigenvalue weighted by atomic mass is 16.3. The summed E-state index contributed by atoms with van der Waals surface area (Å²) < 4.78 is 1.65. The van der Waals surface area contributed by atoms with Crippen molar-refractivity contribution in [2.45, 2.75) is 18.8 Å². The molecule has 1 aliphatic carbocycles. The van der Waals surface area contributed by atoms with E-state index in [-0.39, 0.29) is 11.6 Å². The minimum absolute atomic E-state index is 0.103. The molecule has 26 heavy (non-hydrogen) atoms. The van der Waals surface area contributed by atoms with Gasteiger partial charge in [0, 0.05) is 30.5 Å². The van der Waals surface area contributed by atoms with E-state index in [1.807, 2.05) is 12.4 Å². The van der Waals surface area contributed by atoms with Gasteiger partial charge in [-0.15, -0.1) is 0 Å². The van der Waals surface area contributed by atoms with Crippen molar-refractivity contribution >= 4 is 11.4 Å². The molecule has 0 amide bonds. The van der Waals surface area contributed by atoms with Crippen molar-refractivity contribution in [1.82, 2.24) is 15.1 Å². The lowest BCUT2D eigenvalue weighted by Gasteiger charge is -2.54. The first kappa shape index (κ1) is 16.5. The van der Waals surface area contributed by atoms with E-state index in [2.05, 4.69) is 10.4 Å². The van der Waals surface area contributed by atoms with E-state index in [0.717, 1.165) is 13.1 Å². The van der Waals surface area contributed by atoms with Crippen LogP contribution in [0.1, 0.15) is 29.9 Å². The van der Waals surface area contributed by atoms with Crippen molar-refractivity contribution < 1.29 is 5.11 Å². The first-order valence-electron chi connectivity index (χ1n) is 8.74. The number of rotatable bonds is 4. The second kappa shape index (κ2) is 6.10. The summed E-state index contributed by atoms with van der Waals surface area (Å²) in [5, 5.41) is 17.7. The summed E-state index contributed by atoms with van der Waals surface area (Å²) >= 11 is 0. The summed E-state index contributed by atoms with van der Waals surface area (Å²) in [7, 11) is 0. The second-order valence-electron chi connectivity index (χ2n) is 7.38. The van der Waals surface area contributed by atoms with Crippen LogP contribution < -0.4 is 22.5 Å². The van der Waals surface area contributed by atoms with Crippen LogP contribution in [0, 0.1) is 5.41 Å². The number of nitrogens with zero attached hydrogens (tertiary/aromatic N) is 2. The SMILES string of the molecule is NC(N)=C(/C=C(\N)c1ccccc1O)n1cc(C2CC3(CNC3)C2)cn1. The second-order valence-corrected chi connectivity index (χ2v) is 7.38. The van der Waals surface area contributed by atoms with E-state index >= 15 is 0 Å². The van der Waals surface area contributed by atoms with Crippen molar-refractivity contribution in [3.63, 3.8) is 0 Å². The van der Waals surface area contributed by atoms with Crippen LogP contribution in [0.5, 0.6) is 5.75 Å². The van der Waals surface area contributed by atoms with Gasteiger partial charge in [-0.3, -0.25) is 0 Å². The highest BCUT2D eigenvalue weighted by Gasteiger charge is 2.48. The van der Waals surface area contributed by atoms with E-state index in [4.69, 9.17) is 17.2 Å². The Morgan fingerprint density at radius 3 is 2.58 bits per heavy atom. The Hall–Kier alpha value is -2.93. The minimum atomic E-state index is 0.103. The molecule has 2 fully saturated rings. The van der Waals surface area contributed by atoms with Crippen LogP contribution in [0.4, 0.5) is 0 Å². The fourth-order valence-corrected chi connectivity index (χ4v) is 3.89. The van der Waals surface area contributed by atoms with Gasteiger partial charge in [-0.25, -0.2) is 4.68 Å². The number of phenols is 1. The predicted octanol–water partition coefficient (Wildman–Crippen LogP) is 1.10. The standard InChI is InChI=1S/C19H24N6O/c20-15(14-3-1-2-4-17(14)26)5-16(18(21)22)25-9-13(8-24-25)12-6-19(7-12)10-23-11-19/h1-5,8-9,12,23,26H,6-7,10-11,20-22H2/b15-5-. The lowest BCUT2D eigenvalue weighted by Crippen LogP contribution is -2.59. The van der Waals surface area contributed by atoms with Gasteiger partial charge in [0.15, 0.2) is 0 Å². The molecule has 0 radical (unpaired) electrons. The van der Waals surface area contributed by atoms with Gasteiger partial charge in [0.2, 0.25) is 0 Å². The first-order valence-corrected chi connectivity index (χ1v) is 8.74. The lowest BCUT2D eigenvalue weighted by atomic mass is 9.57.